The molecular weight excluding hydrogens is 391 g/mol. The first kappa shape index (κ1) is 21.0. The van der Waals surface area contributed by atoms with Gasteiger partial charge in [0, 0.05) is 18.1 Å². The van der Waals surface area contributed by atoms with E-state index in [2.05, 4.69) is 24.9 Å². The number of ketones is 1. The largest absolute Gasteiger partial charge is 0.489 e. The molecule has 4 rings (SSSR count). The number of fused-ring (bicyclic) bond motifs is 1. The quantitative estimate of drug-likeness (QED) is 0.638. The number of nitriles is 1. The number of carbonyl (C=O) groups excluding carboxylic acids is 1. The number of Topliss-reactive ketones (excluding diaryl/α,β-unsaturated/α-hetero) is 1. The standard InChI is InChI=1S/C26H25FN2O2/c1-16-21(14-28)24(25-22(29-16)12-26(2,3)13-23(25)30)18-6-10-20(11-7-18)31-15-17-4-8-19(27)9-5-17/h4-11,24-25H,12-13,15H2,1-3H3/t24-,25+/m1/s1. The van der Waals surface area contributed by atoms with E-state index in [1.54, 1.807) is 12.1 Å². The molecule has 0 radical (unpaired) electrons. The summed E-state index contributed by atoms with van der Waals surface area (Å²) in [6.07, 6.45) is 1.25. The van der Waals surface area contributed by atoms with Crippen molar-refractivity contribution in [1.82, 2.24) is 0 Å². The number of rotatable bonds is 4. The van der Waals surface area contributed by atoms with Crippen LogP contribution in [0.1, 0.15) is 50.7 Å². The van der Waals surface area contributed by atoms with Crippen molar-refractivity contribution in [3.63, 3.8) is 0 Å². The first-order chi connectivity index (χ1) is 14.8. The average Bonchev–Trinajstić information content (AvgIpc) is 2.72. The van der Waals surface area contributed by atoms with Crippen LogP contribution in [-0.2, 0) is 11.4 Å². The lowest BCUT2D eigenvalue weighted by Gasteiger charge is -2.40. The highest BCUT2D eigenvalue weighted by Gasteiger charge is 2.46. The smallest absolute Gasteiger partial charge is 0.143 e. The molecule has 1 aliphatic carbocycles. The summed E-state index contributed by atoms with van der Waals surface area (Å²) in [6, 6.07) is 16.0. The van der Waals surface area contributed by atoms with E-state index in [-0.39, 0.29) is 28.9 Å². The highest BCUT2D eigenvalue weighted by molar-refractivity contribution is 6.10. The van der Waals surface area contributed by atoms with Crippen LogP contribution in [0.15, 0.2) is 64.8 Å². The van der Waals surface area contributed by atoms with Crippen LogP contribution in [-0.4, -0.2) is 11.5 Å². The Hall–Kier alpha value is -3.26. The zero-order chi connectivity index (χ0) is 22.2. The molecule has 1 fully saturated rings. The van der Waals surface area contributed by atoms with Gasteiger partial charge in [0.05, 0.1) is 23.3 Å². The minimum Gasteiger partial charge on any atom is -0.489 e. The first-order valence-corrected chi connectivity index (χ1v) is 10.5. The molecule has 1 aliphatic heterocycles. The van der Waals surface area contributed by atoms with E-state index in [1.807, 2.05) is 31.2 Å². The summed E-state index contributed by atoms with van der Waals surface area (Å²) in [5, 5.41) is 9.82. The lowest BCUT2D eigenvalue weighted by Crippen LogP contribution is -2.42. The Kier molecular flexibility index (Phi) is 5.49. The Balaban J connectivity index is 1.58. The van der Waals surface area contributed by atoms with Gasteiger partial charge in [0.1, 0.15) is 24.0 Å². The highest BCUT2D eigenvalue weighted by atomic mass is 19.1. The zero-order valence-electron chi connectivity index (χ0n) is 18.0. The third kappa shape index (κ3) is 4.29. The Morgan fingerprint density at radius 2 is 1.77 bits per heavy atom. The topological polar surface area (TPSA) is 62.4 Å². The third-order valence-electron chi connectivity index (χ3n) is 6.04. The third-order valence-corrected chi connectivity index (χ3v) is 6.04. The molecule has 0 amide bonds. The second-order valence-electron chi connectivity index (χ2n) is 9.14. The zero-order valence-corrected chi connectivity index (χ0v) is 18.0. The number of ether oxygens (including phenoxy) is 1. The van der Waals surface area contributed by atoms with E-state index >= 15 is 0 Å². The van der Waals surface area contributed by atoms with Crippen molar-refractivity contribution in [1.29, 1.82) is 5.26 Å². The minimum atomic E-state index is -0.377. The van der Waals surface area contributed by atoms with Gasteiger partial charge in [-0.2, -0.15) is 5.26 Å². The minimum absolute atomic E-state index is 0.112. The van der Waals surface area contributed by atoms with Crippen LogP contribution in [0.2, 0.25) is 0 Å². The molecule has 2 atom stereocenters. The summed E-state index contributed by atoms with van der Waals surface area (Å²) in [5.41, 5.74) is 3.82. The summed E-state index contributed by atoms with van der Waals surface area (Å²) in [6.45, 7) is 6.36. The molecule has 0 saturated heterocycles. The van der Waals surface area contributed by atoms with E-state index in [1.165, 1.54) is 12.1 Å². The van der Waals surface area contributed by atoms with Gasteiger partial charge < -0.3 is 4.74 Å². The van der Waals surface area contributed by atoms with Crippen LogP contribution in [0.5, 0.6) is 5.75 Å². The van der Waals surface area contributed by atoms with Gasteiger partial charge in [-0.05, 0) is 54.2 Å². The normalized spacial score (nSPS) is 22.4. The fourth-order valence-corrected chi connectivity index (χ4v) is 4.61. The number of hydrogen-bond acceptors (Lipinski definition) is 4. The SMILES string of the molecule is CC1=C(C#N)[C@@H](c2ccc(OCc3ccc(F)cc3)cc2)[C@@H]2C(=O)CC(C)(C)CC2=N1. The van der Waals surface area contributed by atoms with Crippen LogP contribution in [0.25, 0.3) is 0 Å². The number of aliphatic imine (C=N–C) groups is 1. The Morgan fingerprint density at radius 1 is 1.10 bits per heavy atom. The maximum atomic E-state index is 13.1. The molecule has 31 heavy (non-hydrogen) atoms. The summed E-state index contributed by atoms with van der Waals surface area (Å²) in [4.78, 5) is 17.7. The number of halogens is 1. The molecule has 2 aromatic rings. The second kappa shape index (κ2) is 8.11. The van der Waals surface area contributed by atoms with Crippen molar-refractivity contribution in [2.75, 3.05) is 0 Å². The molecule has 1 saturated carbocycles. The van der Waals surface area contributed by atoms with Gasteiger partial charge in [0.2, 0.25) is 0 Å². The number of nitrogens with zero attached hydrogens (tertiary/aromatic N) is 2. The molecule has 158 valence electrons. The maximum absolute atomic E-state index is 13.1. The van der Waals surface area contributed by atoms with Crippen molar-refractivity contribution in [2.24, 2.45) is 16.3 Å². The van der Waals surface area contributed by atoms with Crippen LogP contribution in [0.3, 0.4) is 0 Å². The number of hydrogen-bond donors (Lipinski definition) is 0. The van der Waals surface area contributed by atoms with Gasteiger partial charge in [0.15, 0.2) is 0 Å². The lowest BCUT2D eigenvalue weighted by molar-refractivity contribution is -0.124. The summed E-state index contributed by atoms with van der Waals surface area (Å²) in [5.74, 6) is -0.143. The van der Waals surface area contributed by atoms with Gasteiger partial charge in [-0.15, -0.1) is 0 Å². The van der Waals surface area contributed by atoms with Crippen molar-refractivity contribution in [2.45, 2.75) is 46.1 Å². The molecule has 0 aromatic heterocycles. The molecule has 0 N–H and O–H groups in total. The Labute approximate surface area is 182 Å². The molecule has 2 aromatic carbocycles. The fourth-order valence-electron chi connectivity index (χ4n) is 4.61. The van der Waals surface area contributed by atoms with Crippen molar-refractivity contribution < 1.29 is 13.9 Å². The van der Waals surface area contributed by atoms with Crippen LogP contribution < -0.4 is 4.74 Å². The van der Waals surface area contributed by atoms with Crippen LogP contribution >= 0.6 is 0 Å². The molecule has 4 nitrogen and oxygen atoms in total. The molecule has 2 aliphatic rings. The first-order valence-electron chi connectivity index (χ1n) is 10.5. The van der Waals surface area contributed by atoms with E-state index in [9.17, 15) is 14.4 Å². The molecular formula is C26H25FN2O2. The Bertz CT molecular complexity index is 1110. The summed E-state index contributed by atoms with van der Waals surface area (Å²) < 4.78 is 18.9. The van der Waals surface area contributed by atoms with E-state index in [4.69, 9.17) is 4.74 Å². The van der Waals surface area contributed by atoms with E-state index in [0.29, 0.717) is 30.0 Å². The van der Waals surface area contributed by atoms with Gasteiger partial charge in [-0.3, -0.25) is 9.79 Å². The van der Waals surface area contributed by atoms with Gasteiger partial charge >= 0.3 is 0 Å². The highest BCUT2D eigenvalue weighted by Crippen LogP contribution is 2.46. The van der Waals surface area contributed by atoms with Crippen LogP contribution in [0, 0.1) is 28.5 Å². The fraction of sp³-hybridized carbons (Fsp3) is 0.346. The molecule has 0 unspecified atom stereocenters. The van der Waals surface area contributed by atoms with Gasteiger partial charge in [0.25, 0.3) is 0 Å². The van der Waals surface area contributed by atoms with Crippen molar-refractivity contribution in [3.8, 4) is 11.8 Å². The van der Waals surface area contributed by atoms with Gasteiger partial charge in [-0.1, -0.05) is 38.1 Å². The molecule has 5 heteroatoms. The van der Waals surface area contributed by atoms with Crippen molar-refractivity contribution >= 4 is 11.5 Å². The van der Waals surface area contributed by atoms with Crippen LogP contribution in [0.4, 0.5) is 4.39 Å². The lowest BCUT2D eigenvalue weighted by atomic mass is 9.63. The number of carbonyl (C=O) groups is 1. The number of allylic oxidation sites excluding steroid dienone is 2. The predicted octanol–water partition coefficient (Wildman–Crippen LogP) is 5.75. The monoisotopic (exact) mass is 416 g/mol. The average molecular weight is 416 g/mol. The molecule has 0 spiro atoms. The predicted molar refractivity (Wildman–Crippen MR) is 117 cm³/mol. The summed E-state index contributed by atoms with van der Waals surface area (Å²) in [7, 11) is 0. The van der Waals surface area contributed by atoms with E-state index < -0.39 is 0 Å². The summed E-state index contributed by atoms with van der Waals surface area (Å²) >= 11 is 0. The Morgan fingerprint density at radius 3 is 2.42 bits per heavy atom. The van der Waals surface area contributed by atoms with Crippen molar-refractivity contribution in [3.05, 3.63) is 76.7 Å². The number of benzene rings is 2. The second-order valence-corrected chi connectivity index (χ2v) is 9.14. The van der Waals surface area contributed by atoms with E-state index in [0.717, 1.165) is 23.3 Å². The molecule has 1 heterocycles. The van der Waals surface area contributed by atoms with Gasteiger partial charge in [-0.25, -0.2) is 4.39 Å². The molecule has 0 bridgehead atoms. The maximum Gasteiger partial charge on any atom is 0.143 e.